The minimum absolute atomic E-state index is 0.262. The summed E-state index contributed by atoms with van der Waals surface area (Å²) in [5.41, 5.74) is 4.39. The van der Waals surface area contributed by atoms with Crippen molar-refractivity contribution in [1.29, 1.82) is 0 Å². The van der Waals surface area contributed by atoms with E-state index in [4.69, 9.17) is 14.7 Å². The molecule has 0 saturated heterocycles. The van der Waals surface area contributed by atoms with Crippen LogP contribution in [0.25, 0.3) is 22.8 Å². The zero-order valence-corrected chi connectivity index (χ0v) is 21.5. The number of aryl methyl sites for hydroxylation is 1. The van der Waals surface area contributed by atoms with E-state index < -0.39 is 11.9 Å². The molecule has 1 fully saturated rings. The lowest BCUT2D eigenvalue weighted by Crippen LogP contribution is -2.09. The van der Waals surface area contributed by atoms with Gasteiger partial charge >= 0.3 is 6.18 Å². The van der Waals surface area contributed by atoms with E-state index in [0.717, 1.165) is 64.4 Å². The Morgan fingerprint density at radius 3 is 2.55 bits per heavy atom. The maximum Gasteiger partial charge on any atom is 0.434 e. The van der Waals surface area contributed by atoms with Gasteiger partial charge < -0.3 is 14.6 Å². The number of hydrogen-bond acceptors (Lipinski definition) is 8. The molecule has 0 bridgehead atoms. The van der Waals surface area contributed by atoms with Gasteiger partial charge in [0.05, 0.1) is 18.5 Å². The largest absolute Gasteiger partial charge is 0.480 e. The third-order valence-corrected chi connectivity index (χ3v) is 7.61. The van der Waals surface area contributed by atoms with Crippen molar-refractivity contribution in [3.05, 3.63) is 65.0 Å². The molecule has 0 unspecified atom stereocenters. The fraction of sp³-hybridized carbons (Fsp3) is 0.346. The number of thioether (sulfide) groups is 1. The molecule has 0 spiro atoms. The Bertz CT molecular complexity index is 1500. The molecule has 6 rings (SSSR count). The summed E-state index contributed by atoms with van der Waals surface area (Å²) in [6.45, 7) is 0.486. The molecular weight excluding hydrogens is 515 g/mol. The van der Waals surface area contributed by atoms with Gasteiger partial charge in [-0.1, -0.05) is 24.3 Å². The first-order valence-corrected chi connectivity index (χ1v) is 13.3. The number of nitrogens with one attached hydrogen (secondary N) is 1. The lowest BCUT2D eigenvalue weighted by Gasteiger charge is -2.15. The number of ether oxygens (including phenoxy) is 1. The molecule has 0 atom stereocenters. The van der Waals surface area contributed by atoms with E-state index in [1.54, 1.807) is 38.1 Å². The fourth-order valence-corrected chi connectivity index (χ4v) is 5.59. The second kappa shape index (κ2) is 9.57. The number of methoxy groups -OCH3 is 1. The summed E-state index contributed by atoms with van der Waals surface area (Å²) < 4.78 is 46.1. The molecule has 2 aliphatic rings. The minimum Gasteiger partial charge on any atom is -0.480 e. The zero-order chi connectivity index (χ0) is 26.4. The van der Waals surface area contributed by atoms with Crippen LogP contribution >= 0.6 is 11.8 Å². The van der Waals surface area contributed by atoms with E-state index in [1.807, 2.05) is 12.1 Å². The van der Waals surface area contributed by atoms with Crippen molar-refractivity contribution in [3.63, 3.8) is 0 Å². The zero-order valence-electron chi connectivity index (χ0n) is 20.7. The molecule has 8 nitrogen and oxygen atoms in total. The number of benzene rings is 1. The topological polar surface area (TPSA) is 90.6 Å². The van der Waals surface area contributed by atoms with Gasteiger partial charge in [-0.15, -0.1) is 0 Å². The summed E-state index contributed by atoms with van der Waals surface area (Å²) in [7, 11) is 3.14. The van der Waals surface area contributed by atoms with E-state index in [9.17, 15) is 13.2 Å². The summed E-state index contributed by atoms with van der Waals surface area (Å²) in [5.74, 6) is 4.02. The Hall–Kier alpha value is -3.67. The summed E-state index contributed by atoms with van der Waals surface area (Å²) in [6, 6.07) is 7.31. The standard InChI is InChI=1S/C26H24F3N7OS/c1-36-10-19(26(27,28)29)34-24(36)16-5-3-14(4-6-16)9-30-22-17-11-38-12-18(17)33-23(35-22)20-21(15-7-8-15)31-13-32-25(20)37-2/h3-6,10,13,15H,7-9,11-12H2,1-2H3,(H,30,33,35). The van der Waals surface area contributed by atoms with Crippen LogP contribution in [0.4, 0.5) is 19.0 Å². The second-order valence-electron chi connectivity index (χ2n) is 9.34. The summed E-state index contributed by atoms with van der Waals surface area (Å²) in [5, 5.41) is 3.45. The van der Waals surface area contributed by atoms with Gasteiger partial charge in [0.2, 0.25) is 5.88 Å². The van der Waals surface area contributed by atoms with Gasteiger partial charge in [0.15, 0.2) is 11.5 Å². The van der Waals surface area contributed by atoms with Crippen molar-refractivity contribution in [2.75, 3.05) is 12.4 Å². The molecule has 1 aromatic carbocycles. The SMILES string of the molecule is COc1ncnc(C2CC2)c1-c1nc2c(c(NCc3ccc(-c4nc(C(F)(F)F)cn4C)cc3)n1)CSC2. The lowest BCUT2D eigenvalue weighted by molar-refractivity contribution is -0.140. The van der Waals surface area contributed by atoms with Gasteiger partial charge in [-0.05, 0) is 18.4 Å². The maximum absolute atomic E-state index is 13.1. The van der Waals surface area contributed by atoms with Crippen molar-refractivity contribution in [1.82, 2.24) is 29.5 Å². The number of rotatable bonds is 7. The number of anilines is 1. The smallest absolute Gasteiger partial charge is 0.434 e. The summed E-state index contributed by atoms with van der Waals surface area (Å²) >= 11 is 1.79. The highest BCUT2D eigenvalue weighted by Gasteiger charge is 2.35. The van der Waals surface area contributed by atoms with Gasteiger partial charge in [0.1, 0.15) is 23.5 Å². The van der Waals surface area contributed by atoms with Crippen LogP contribution in [-0.4, -0.2) is 36.6 Å². The third-order valence-electron chi connectivity index (χ3n) is 6.64. The number of hydrogen-bond donors (Lipinski definition) is 1. The number of halogens is 3. The predicted octanol–water partition coefficient (Wildman–Crippen LogP) is 5.60. The summed E-state index contributed by atoms with van der Waals surface area (Å²) in [6.07, 6.45) is 0.189. The molecule has 4 aromatic rings. The van der Waals surface area contributed by atoms with Crippen LogP contribution in [0.5, 0.6) is 5.88 Å². The van der Waals surface area contributed by atoms with Crippen molar-refractivity contribution in [2.45, 2.75) is 43.0 Å². The van der Waals surface area contributed by atoms with E-state index >= 15 is 0 Å². The molecule has 3 aromatic heterocycles. The van der Waals surface area contributed by atoms with Crippen molar-refractivity contribution >= 4 is 17.6 Å². The van der Waals surface area contributed by atoms with Gasteiger partial charge in [0, 0.05) is 48.3 Å². The maximum atomic E-state index is 13.1. The van der Waals surface area contributed by atoms with Crippen LogP contribution in [0.1, 0.15) is 47.0 Å². The molecule has 0 radical (unpaired) electrons. The number of fused-ring (bicyclic) bond motifs is 1. The average molecular weight is 540 g/mol. The molecule has 4 heterocycles. The molecule has 1 aliphatic carbocycles. The molecule has 1 N–H and O–H groups in total. The molecule has 0 amide bonds. The van der Waals surface area contributed by atoms with Crippen LogP contribution in [0, 0.1) is 0 Å². The minimum atomic E-state index is -4.48. The van der Waals surface area contributed by atoms with E-state index in [-0.39, 0.29) is 5.82 Å². The van der Waals surface area contributed by atoms with E-state index in [2.05, 4.69) is 20.3 Å². The molecule has 196 valence electrons. The average Bonchev–Trinajstić information content (AvgIpc) is 3.51. The van der Waals surface area contributed by atoms with Crippen molar-refractivity contribution in [3.8, 4) is 28.7 Å². The number of imidazole rings is 1. The second-order valence-corrected chi connectivity index (χ2v) is 10.3. The molecular formula is C26H24F3N7OS. The Kier molecular flexibility index (Phi) is 6.21. The molecule has 1 aliphatic heterocycles. The van der Waals surface area contributed by atoms with Crippen LogP contribution in [0.3, 0.4) is 0 Å². The van der Waals surface area contributed by atoms with Crippen molar-refractivity contribution < 1.29 is 17.9 Å². The highest BCUT2D eigenvalue weighted by Crippen LogP contribution is 2.45. The van der Waals surface area contributed by atoms with Crippen LogP contribution < -0.4 is 10.1 Å². The first kappa shape index (κ1) is 24.7. The number of aromatic nitrogens is 6. The fourth-order valence-electron chi connectivity index (χ4n) is 4.55. The van der Waals surface area contributed by atoms with Gasteiger partial charge in [-0.3, -0.25) is 0 Å². The Balaban J connectivity index is 1.27. The van der Waals surface area contributed by atoms with E-state index in [0.29, 0.717) is 29.7 Å². The Labute approximate surface area is 221 Å². The first-order valence-electron chi connectivity index (χ1n) is 12.1. The highest BCUT2D eigenvalue weighted by atomic mass is 32.2. The van der Waals surface area contributed by atoms with Gasteiger partial charge in [0.25, 0.3) is 0 Å². The van der Waals surface area contributed by atoms with Crippen LogP contribution in [0.15, 0.2) is 36.8 Å². The first-order chi connectivity index (χ1) is 18.3. The predicted molar refractivity (Wildman–Crippen MR) is 138 cm³/mol. The van der Waals surface area contributed by atoms with Crippen LogP contribution in [0.2, 0.25) is 0 Å². The highest BCUT2D eigenvalue weighted by molar-refractivity contribution is 7.98. The lowest BCUT2D eigenvalue weighted by atomic mass is 10.1. The third kappa shape index (κ3) is 4.68. The molecule has 1 saturated carbocycles. The van der Waals surface area contributed by atoms with E-state index in [1.165, 1.54) is 10.9 Å². The Morgan fingerprint density at radius 1 is 1.08 bits per heavy atom. The Morgan fingerprint density at radius 2 is 1.87 bits per heavy atom. The summed E-state index contributed by atoms with van der Waals surface area (Å²) in [4.78, 5) is 22.4. The number of nitrogens with zero attached hydrogens (tertiary/aromatic N) is 6. The normalized spacial score (nSPS) is 15.0. The molecule has 12 heteroatoms. The molecule has 38 heavy (non-hydrogen) atoms. The van der Waals surface area contributed by atoms with Gasteiger partial charge in [-0.2, -0.15) is 24.9 Å². The van der Waals surface area contributed by atoms with Crippen molar-refractivity contribution in [2.24, 2.45) is 7.05 Å². The quantitative estimate of drug-likeness (QED) is 0.325. The number of alkyl halides is 3. The van der Waals surface area contributed by atoms with Gasteiger partial charge in [-0.25, -0.2) is 24.9 Å². The van der Waals surface area contributed by atoms with Crippen LogP contribution in [-0.2, 0) is 31.3 Å². The monoisotopic (exact) mass is 539 g/mol.